The molecule has 1 rings (SSSR count). The Morgan fingerprint density at radius 1 is 0.750 bits per heavy atom. The van der Waals surface area contributed by atoms with E-state index in [0.29, 0.717) is 12.8 Å². The Balaban J connectivity index is 2.54. The van der Waals surface area contributed by atoms with Crippen molar-refractivity contribution < 1.29 is 51.8 Å². The van der Waals surface area contributed by atoms with Gasteiger partial charge in [0, 0.05) is 6.42 Å². The van der Waals surface area contributed by atoms with Crippen molar-refractivity contribution in [2.24, 2.45) is 0 Å². The molecular formula is C39H75NO11S. The highest BCUT2D eigenvalue weighted by atomic mass is 32.3. The maximum atomic E-state index is 12.9. The summed E-state index contributed by atoms with van der Waals surface area (Å²) in [5.74, 6) is -0.241. The molecule has 0 aliphatic carbocycles. The molecule has 308 valence electrons. The molecule has 1 amide bonds. The summed E-state index contributed by atoms with van der Waals surface area (Å²) in [7, 11) is -5.07. The van der Waals surface area contributed by atoms with E-state index in [0.717, 1.165) is 64.2 Å². The molecular weight excluding hydrogens is 690 g/mol. The zero-order valence-electron chi connectivity index (χ0n) is 32.4. The average molecular weight is 766 g/mol. The van der Waals surface area contributed by atoms with Crippen molar-refractivity contribution in [2.75, 3.05) is 13.2 Å². The molecule has 13 heteroatoms. The highest BCUT2D eigenvalue weighted by Gasteiger charge is 2.48. The molecule has 6 N–H and O–H groups in total. The largest absolute Gasteiger partial charge is 0.397 e. The number of hydrogen-bond acceptors (Lipinski definition) is 10. The summed E-state index contributed by atoms with van der Waals surface area (Å²) in [6.07, 6.45) is 22.3. The first kappa shape index (κ1) is 48.9. The van der Waals surface area contributed by atoms with Gasteiger partial charge < -0.3 is 35.2 Å². The summed E-state index contributed by atoms with van der Waals surface area (Å²) in [6, 6.07) is -0.856. The molecule has 1 fully saturated rings. The minimum Gasteiger partial charge on any atom is -0.394 e. The fraction of sp³-hybridized carbons (Fsp3) is 0.923. The van der Waals surface area contributed by atoms with Gasteiger partial charge in [0.2, 0.25) is 5.91 Å². The van der Waals surface area contributed by atoms with Crippen LogP contribution in [-0.2, 0) is 28.9 Å². The molecule has 12 nitrogen and oxygen atoms in total. The molecule has 1 aliphatic rings. The quantitative estimate of drug-likeness (QED) is 0.0229. The van der Waals surface area contributed by atoms with Crippen LogP contribution in [0.2, 0.25) is 0 Å². The number of aliphatic hydroxyl groups is 4. The van der Waals surface area contributed by atoms with Crippen LogP contribution in [0, 0.1) is 0 Å². The molecule has 0 radical (unpaired) electrons. The molecule has 52 heavy (non-hydrogen) atoms. The Morgan fingerprint density at radius 3 is 1.73 bits per heavy atom. The topological polar surface area (TPSA) is 192 Å². The van der Waals surface area contributed by atoms with Gasteiger partial charge in [0.25, 0.3) is 0 Å². The Labute approximate surface area is 315 Å². The van der Waals surface area contributed by atoms with Crippen LogP contribution >= 0.6 is 0 Å². The third-order valence-electron chi connectivity index (χ3n) is 9.82. The van der Waals surface area contributed by atoms with Crippen molar-refractivity contribution in [1.82, 2.24) is 5.32 Å². The fourth-order valence-electron chi connectivity index (χ4n) is 6.57. The number of allylic oxidation sites excluding steroid dienone is 2. The van der Waals surface area contributed by atoms with E-state index >= 15 is 0 Å². The minimum absolute atomic E-state index is 0.241. The van der Waals surface area contributed by atoms with Gasteiger partial charge in [0.05, 0.1) is 25.4 Å². The maximum Gasteiger partial charge on any atom is 0.397 e. The van der Waals surface area contributed by atoms with E-state index in [4.69, 9.17) is 14.0 Å². The van der Waals surface area contributed by atoms with Gasteiger partial charge in [-0.05, 0) is 38.5 Å². The predicted molar refractivity (Wildman–Crippen MR) is 204 cm³/mol. The van der Waals surface area contributed by atoms with E-state index in [1.54, 1.807) is 0 Å². The number of nitrogens with one attached hydrogen (secondary N) is 1. The van der Waals surface area contributed by atoms with Crippen LogP contribution in [0.5, 0.6) is 0 Å². The number of amides is 1. The van der Waals surface area contributed by atoms with Gasteiger partial charge in [-0.2, -0.15) is 8.42 Å². The minimum atomic E-state index is -5.07. The summed E-state index contributed by atoms with van der Waals surface area (Å²) in [5.41, 5.74) is 0. The molecule has 0 aromatic rings. The van der Waals surface area contributed by atoms with Gasteiger partial charge in [0.1, 0.15) is 24.4 Å². The monoisotopic (exact) mass is 766 g/mol. The van der Waals surface area contributed by atoms with Crippen LogP contribution in [-0.4, -0.2) is 95.4 Å². The lowest BCUT2D eigenvalue weighted by molar-refractivity contribution is -0.298. The Bertz CT molecular complexity index is 999. The van der Waals surface area contributed by atoms with Crippen molar-refractivity contribution >= 4 is 16.3 Å². The van der Waals surface area contributed by atoms with E-state index in [2.05, 4.69) is 35.5 Å². The maximum absolute atomic E-state index is 12.9. The first-order chi connectivity index (χ1) is 25.0. The first-order valence-corrected chi connectivity index (χ1v) is 21.9. The zero-order chi connectivity index (χ0) is 38.5. The summed E-state index contributed by atoms with van der Waals surface area (Å²) < 4.78 is 47.4. The fourth-order valence-corrected chi connectivity index (χ4v) is 7.08. The number of carbonyl (C=O) groups excluding carboxylic acids is 1. The van der Waals surface area contributed by atoms with Crippen LogP contribution in [0.1, 0.15) is 174 Å². The lowest BCUT2D eigenvalue weighted by atomic mass is 9.99. The third-order valence-corrected chi connectivity index (χ3v) is 10.3. The Kier molecular flexibility index (Phi) is 29.2. The highest BCUT2D eigenvalue weighted by Crippen LogP contribution is 2.26. The molecule has 7 unspecified atom stereocenters. The lowest BCUT2D eigenvalue weighted by Crippen LogP contribution is -2.61. The normalized spacial score (nSPS) is 22.2. The average Bonchev–Trinajstić information content (AvgIpc) is 3.11. The van der Waals surface area contributed by atoms with Crippen LogP contribution in [0.25, 0.3) is 0 Å². The standard InChI is InChI=1S/C39H75NO11S/c1-3-5-7-9-11-13-14-15-16-17-18-19-21-23-25-27-29-35(43)40-32(33(42)28-26-24-22-20-12-10-8-6-4-2)31-49-39-37(45)38(51-52(46,47)48)36(44)34(30-41)50-39/h16-17,32-34,36-39,41-42,44-45H,3-15,18-31H2,1-2H3,(H,40,43)(H,46,47,48)/b17-16-. The molecule has 0 saturated carbocycles. The van der Waals surface area contributed by atoms with Crippen LogP contribution in [0.15, 0.2) is 12.2 Å². The van der Waals surface area contributed by atoms with Gasteiger partial charge in [-0.3, -0.25) is 9.35 Å². The van der Waals surface area contributed by atoms with E-state index in [9.17, 15) is 33.6 Å². The van der Waals surface area contributed by atoms with Crippen molar-refractivity contribution in [3.63, 3.8) is 0 Å². The second-order valence-electron chi connectivity index (χ2n) is 14.6. The smallest absolute Gasteiger partial charge is 0.394 e. The summed E-state index contributed by atoms with van der Waals surface area (Å²) >= 11 is 0. The Hall–Kier alpha value is -1.16. The van der Waals surface area contributed by atoms with Gasteiger partial charge in [-0.15, -0.1) is 0 Å². The predicted octanol–water partition coefficient (Wildman–Crippen LogP) is 6.82. The van der Waals surface area contributed by atoms with Gasteiger partial charge in [0.15, 0.2) is 6.29 Å². The lowest BCUT2D eigenvalue weighted by Gasteiger charge is -2.41. The van der Waals surface area contributed by atoms with Crippen molar-refractivity contribution in [1.29, 1.82) is 0 Å². The van der Waals surface area contributed by atoms with Gasteiger partial charge >= 0.3 is 10.4 Å². The second-order valence-corrected chi connectivity index (χ2v) is 15.6. The number of rotatable bonds is 34. The summed E-state index contributed by atoms with van der Waals surface area (Å²) in [6.45, 7) is 3.39. The molecule has 0 aromatic carbocycles. The van der Waals surface area contributed by atoms with Crippen LogP contribution in [0.3, 0.4) is 0 Å². The summed E-state index contributed by atoms with van der Waals surface area (Å²) in [5, 5.41) is 44.6. The molecule has 1 saturated heterocycles. The molecule has 7 atom stereocenters. The van der Waals surface area contributed by atoms with Crippen molar-refractivity contribution in [2.45, 2.75) is 217 Å². The van der Waals surface area contributed by atoms with E-state index in [1.807, 2.05) is 0 Å². The SMILES string of the molecule is CCCCCCCCC/C=C\CCCCCCCC(=O)NC(COC1OC(CO)C(O)C(OS(=O)(=O)O)C1O)C(O)CCCCCCCCCCC. The number of hydrogen-bond donors (Lipinski definition) is 6. The van der Waals surface area contributed by atoms with Crippen molar-refractivity contribution in [3.05, 3.63) is 12.2 Å². The van der Waals surface area contributed by atoms with Gasteiger partial charge in [-0.1, -0.05) is 142 Å². The van der Waals surface area contributed by atoms with Crippen molar-refractivity contribution in [3.8, 4) is 0 Å². The number of ether oxygens (including phenoxy) is 2. The van der Waals surface area contributed by atoms with Gasteiger partial charge in [-0.25, -0.2) is 4.18 Å². The number of carbonyl (C=O) groups is 1. The third kappa shape index (κ3) is 24.3. The van der Waals surface area contributed by atoms with E-state index < -0.39 is 59.9 Å². The van der Waals surface area contributed by atoms with Crippen LogP contribution in [0.4, 0.5) is 0 Å². The number of aliphatic hydroxyl groups excluding tert-OH is 4. The van der Waals surface area contributed by atoms with E-state index in [-0.39, 0.29) is 18.9 Å². The molecule has 0 spiro atoms. The summed E-state index contributed by atoms with van der Waals surface area (Å²) in [4.78, 5) is 12.9. The molecule has 0 aromatic heterocycles. The zero-order valence-corrected chi connectivity index (χ0v) is 33.2. The second kappa shape index (κ2) is 31.1. The van der Waals surface area contributed by atoms with Crippen LogP contribution < -0.4 is 5.32 Å². The molecule has 1 aliphatic heterocycles. The molecule has 1 heterocycles. The first-order valence-electron chi connectivity index (χ1n) is 20.6. The number of unbranched alkanes of at least 4 members (excludes halogenated alkanes) is 20. The Morgan fingerprint density at radius 2 is 1.23 bits per heavy atom. The molecule has 0 bridgehead atoms. The highest BCUT2D eigenvalue weighted by molar-refractivity contribution is 7.80. The van der Waals surface area contributed by atoms with E-state index in [1.165, 1.54) is 77.0 Å².